The molecule has 0 spiro atoms. The molecule has 0 saturated heterocycles. The Bertz CT molecular complexity index is 281. The summed E-state index contributed by atoms with van der Waals surface area (Å²) < 4.78 is 0. The molecule has 0 radical (unpaired) electrons. The molecule has 0 saturated carbocycles. The molecular weight excluding hydrogens is 160 g/mol. The topological polar surface area (TPSA) is 27.1 Å². The average molecular weight is 176 g/mol. The van der Waals surface area contributed by atoms with Gasteiger partial charge in [-0.3, -0.25) is 0 Å². The highest BCUT2D eigenvalue weighted by Gasteiger charge is 1.98. The van der Waals surface area contributed by atoms with Gasteiger partial charge in [0.15, 0.2) is 0 Å². The van der Waals surface area contributed by atoms with Crippen molar-refractivity contribution in [1.82, 2.24) is 0 Å². The molecule has 0 aromatic heterocycles. The van der Waals surface area contributed by atoms with E-state index in [2.05, 4.69) is 43.1 Å². The molecule has 2 nitrogen and oxygen atoms in total. The monoisotopic (exact) mass is 176 g/mol. The summed E-state index contributed by atoms with van der Waals surface area (Å²) in [6.07, 6.45) is 2.26. The second-order valence-corrected chi connectivity index (χ2v) is 3.25. The van der Waals surface area contributed by atoms with Crippen molar-refractivity contribution in [3.63, 3.8) is 0 Å². The minimum absolute atomic E-state index is 0.810. The fourth-order valence-corrected chi connectivity index (χ4v) is 1.25. The minimum atomic E-state index is 0.810. The summed E-state index contributed by atoms with van der Waals surface area (Å²) in [6, 6.07) is 8.40. The van der Waals surface area contributed by atoms with Gasteiger partial charge in [-0.1, -0.05) is 12.1 Å². The number of nitrogens with one attached hydrogen (secondary N) is 1. The first-order chi connectivity index (χ1) is 6.24. The van der Waals surface area contributed by atoms with Crippen molar-refractivity contribution < 1.29 is 0 Å². The number of hydrogen-bond acceptors (Lipinski definition) is 2. The van der Waals surface area contributed by atoms with Gasteiger partial charge in [0.1, 0.15) is 0 Å². The smallest absolute Gasteiger partial charge is 0.0366 e. The highest BCUT2D eigenvalue weighted by Crippen LogP contribution is 2.13. The second kappa shape index (κ2) is 4.65. The second-order valence-electron chi connectivity index (χ2n) is 3.25. The lowest BCUT2D eigenvalue weighted by atomic mass is 10.2. The lowest BCUT2D eigenvalue weighted by molar-refractivity contribution is 0.924. The SMILES string of the molecule is Cc1cccc(N(C)CCC=N)c1. The Balaban J connectivity index is 2.65. The molecule has 0 aliphatic rings. The zero-order valence-electron chi connectivity index (χ0n) is 8.25. The third kappa shape index (κ3) is 2.90. The van der Waals surface area contributed by atoms with E-state index in [0.717, 1.165) is 13.0 Å². The van der Waals surface area contributed by atoms with Crippen molar-refractivity contribution in [2.75, 3.05) is 18.5 Å². The summed E-state index contributed by atoms with van der Waals surface area (Å²) in [4.78, 5) is 2.16. The molecule has 0 bridgehead atoms. The number of aryl methyl sites for hydroxylation is 1. The van der Waals surface area contributed by atoms with Gasteiger partial charge in [0.2, 0.25) is 0 Å². The van der Waals surface area contributed by atoms with Crippen LogP contribution in [0, 0.1) is 12.3 Å². The molecule has 1 aromatic rings. The van der Waals surface area contributed by atoms with Crippen molar-refractivity contribution in [2.24, 2.45) is 0 Å². The van der Waals surface area contributed by atoms with Crippen molar-refractivity contribution in [1.29, 1.82) is 5.41 Å². The molecular formula is C11H16N2. The van der Waals surface area contributed by atoms with Crippen LogP contribution in [-0.2, 0) is 0 Å². The highest BCUT2D eigenvalue weighted by molar-refractivity contribution is 5.55. The van der Waals surface area contributed by atoms with E-state index in [-0.39, 0.29) is 0 Å². The maximum Gasteiger partial charge on any atom is 0.0366 e. The summed E-state index contributed by atoms with van der Waals surface area (Å²) in [5, 5.41) is 6.95. The third-order valence-electron chi connectivity index (χ3n) is 2.05. The van der Waals surface area contributed by atoms with Crippen LogP contribution in [0.4, 0.5) is 5.69 Å². The first-order valence-electron chi connectivity index (χ1n) is 4.51. The van der Waals surface area contributed by atoms with Gasteiger partial charge in [-0.05, 0) is 37.3 Å². The molecule has 1 N–H and O–H groups in total. The maximum atomic E-state index is 6.95. The fraction of sp³-hybridized carbons (Fsp3) is 0.364. The largest absolute Gasteiger partial charge is 0.374 e. The Hall–Kier alpha value is -1.31. The van der Waals surface area contributed by atoms with E-state index in [1.54, 1.807) is 0 Å². The minimum Gasteiger partial charge on any atom is -0.374 e. The molecule has 1 rings (SSSR count). The molecule has 0 amide bonds. The quantitative estimate of drug-likeness (QED) is 0.701. The van der Waals surface area contributed by atoms with E-state index in [9.17, 15) is 0 Å². The number of nitrogens with zero attached hydrogens (tertiary/aromatic N) is 1. The Morgan fingerprint density at radius 2 is 2.23 bits per heavy atom. The Labute approximate surface area is 79.7 Å². The normalized spacial score (nSPS) is 9.69. The van der Waals surface area contributed by atoms with E-state index in [0.29, 0.717) is 0 Å². The van der Waals surface area contributed by atoms with E-state index in [1.807, 2.05) is 0 Å². The first kappa shape index (κ1) is 9.78. The van der Waals surface area contributed by atoms with Crippen LogP contribution in [0.2, 0.25) is 0 Å². The van der Waals surface area contributed by atoms with Crippen LogP contribution in [0.3, 0.4) is 0 Å². The predicted octanol–water partition coefficient (Wildman–Crippen LogP) is 2.47. The van der Waals surface area contributed by atoms with Gasteiger partial charge < -0.3 is 10.3 Å². The van der Waals surface area contributed by atoms with Crippen molar-refractivity contribution in [3.05, 3.63) is 29.8 Å². The van der Waals surface area contributed by atoms with Gasteiger partial charge in [-0.15, -0.1) is 0 Å². The molecule has 70 valence electrons. The summed E-state index contributed by atoms with van der Waals surface area (Å²) >= 11 is 0. The van der Waals surface area contributed by atoms with Crippen LogP contribution in [0.1, 0.15) is 12.0 Å². The fourth-order valence-electron chi connectivity index (χ4n) is 1.25. The summed E-state index contributed by atoms with van der Waals surface area (Å²) in [5.74, 6) is 0. The molecule has 0 aliphatic carbocycles. The van der Waals surface area contributed by atoms with Crippen molar-refractivity contribution in [2.45, 2.75) is 13.3 Å². The molecule has 0 atom stereocenters. The van der Waals surface area contributed by atoms with Crippen LogP contribution in [0.15, 0.2) is 24.3 Å². The van der Waals surface area contributed by atoms with Gasteiger partial charge in [-0.25, -0.2) is 0 Å². The van der Waals surface area contributed by atoms with Crippen LogP contribution in [0.5, 0.6) is 0 Å². The van der Waals surface area contributed by atoms with Gasteiger partial charge in [-0.2, -0.15) is 0 Å². The molecule has 1 aromatic carbocycles. The van der Waals surface area contributed by atoms with Crippen molar-refractivity contribution >= 4 is 11.9 Å². The Morgan fingerprint density at radius 3 is 2.85 bits per heavy atom. The van der Waals surface area contributed by atoms with Crippen molar-refractivity contribution in [3.8, 4) is 0 Å². The number of rotatable bonds is 4. The maximum absolute atomic E-state index is 6.95. The Morgan fingerprint density at radius 1 is 1.46 bits per heavy atom. The van der Waals surface area contributed by atoms with E-state index in [4.69, 9.17) is 5.41 Å². The van der Waals surface area contributed by atoms with Crippen LogP contribution in [-0.4, -0.2) is 19.8 Å². The zero-order valence-corrected chi connectivity index (χ0v) is 8.25. The van der Waals surface area contributed by atoms with Crippen LogP contribution < -0.4 is 4.90 Å². The highest BCUT2D eigenvalue weighted by atomic mass is 15.1. The average Bonchev–Trinajstić information content (AvgIpc) is 2.14. The number of benzene rings is 1. The number of anilines is 1. The summed E-state index contributed by atoms with van der Waals surface area (Å²) in [7, 11) is 2.05. The van der Waals surface area contributed by atoms with E-state index in [1.165, 1.54) is 17.5 Å². The van der Waals surface area contributed by atoms with Gasteiger partial charge in [0, 0.05) is 19.3 Å². The molecule has 0 unspecified atom stereocenters. The standard InChI is InChI=1S/C11H16N2/c1-10-5-3-6-11(9-10)13(2)8-4-7-12/h3,5-7,9,12H,4,8H2,1-2H3. The molecule has 0 heterocycles. The molecule has 2 heteroatoms. The lowest BCUT2D eigenvalue weighted by Crippen LogP contribution is -2.18. The van der Waals surface area contributed by atoms with Gasteiger partial charge in [0.05, 0.1) is 0 Å². The van der Waals surface area contributed by atoms with Gasteiger partial charge >= 0.3 is 0 Å². The third-order valence-corrected chi connectivity index (χ3v) is 2.05. The number of hydrogen-bond donors (Lipinski definition) is 1. The summed E-state index contributed by atoms with van der Waals surface area (Å²) in [6.45, 7) is 3.00. The van der Waals surface area contributed by atoms with Gasteiger partial charge in [0.25, 0.3) is 0 Å². The Kier molecular flexibility index (Phi) is 3.50. The zero-order chi connectivity index (χ0) is 9.68. The molecule has 0 fully saturated rings. The van der Waals surface area contributed by atoms with Crippen LogP contribution in [0.25, 0.3) is 0 Å². The predicted molar refractivity (Wildman–Crippen MR) is 57.8 cm³/mol. The first-order valence-corrected chi connectivity index (χ1v) is 4.51. The summed E-state index contributed by atoms with van der Waals surface area (Å²) in [5.41, 5.74) is 2.50. The van der Waals surface area contributed by atoms with E-state index >= 15 is 0 Å². The van der Waals surface area contributed by atoms with Crippen LogP contribution >= 0.6 is 0 Å². The van der Waals surface area contributed by atoms with E-state index < -0.39 is 0 Å². The lowest BCUT2D eigenvalue weighted by Gasteiger charge is -2.18. The molecule has 0 aliphatic heterocycles. The molecule has 13 heavy (non-hydrogen) atoms.